The van der Waals surface area contributed by atoms with E-state index in [0.717, 1.165) is 11.3 Å². The van der Waals surface area contributed by atoms with Gasteiger partial charge in [0.05, 0.1) is 58.7 Å². The van der Waals surface area contributed by atoms with Gasteiger partial charge in [-0.2, -0.15) is 0 Å². The minimum atomic E-state index is -0.928. The molecule has 1 aliphatic rings. The van der Waals surface area contributed by atoms with Crippen molar-refractivity contribution in [1.82, 2.24) is 4.57 Å². The van der Waals surface area contributed by atoms with Crippen LogP contribution in [0, 0.1) is 10.1 Å². The van der Waals surface area contributed by atoms with Gasteiger partial charge in [0, 0.05) is 12.1 Å². The summed E-state index contributed by atoms with van der Waals surface area (Å²) in [6.07, 6.45) is 1.69. The van der Waals surface area contributed by atoms with Crippen molar-refractivity contribution in [2.24, 2.45) is 4.99 Å². The number of nitro groups is 1. The Bertz CT molecular complexity index is 2230. The predicted octanol–water partition coefficient (Wildman–Crippen LogP) is 5.01. The molecule has 16 heteroatoms. The van der Waals surface area contributed by atoms with Crippen molar-refractivity contribution in [2.45, 2.75) is 33.4 Å². The first kappa shape index (κ1) is 37.8. The minimum absolute atomic E-state index is 0.0223. The van der Waals surface area contributed by atoms with E-state index in [1.165, 1.54) is 30.9 Å². The van der Waals surface area contributed by atoms with Gasteiger partial charge in [-0.25, -0.2) is 14.6 Å². The Kier molecular flexibility index (Phi) is 12.1. The molecule has 1 aliphatic heterocycles. The molecule has 5 rings (SSSR count). The second-order valence-electron chi connectivity index (χ2n) is 11.1. The van der Waals surface area contributed by atoms with Crippen LogP contribution in [-0.2, 0) is 25.7 Å². The zero-order valence-corrected chi connectivity index (χ0v) is 31.2. The molecule has 1 atom stereocenters. The fourth-order valence-electron chi connectivity index (χ4n) is 5.37. The Morgan fingerprint density at radius 2 is 1.75 bits per heavy atom. The van der Waals surface area contributed by atoms with E-state index in [9.17, 15) is 24.5 Å². The van der Waals surface area contributed by atoms with E-state index in [-0.39, 0.29) is 43.4 Å². The molecule has 0 aliphatic carbocycles. The smallest absolute Gasteiger partial charge is 0.343 e. The number of methoxy groups -OCH3 is 2. The summed E-state index contributed by atoms with van der Waals surface area (Å²) in [6.45, 7) is 5.34. The SMILES string of the molecule is CCOC(=O)C1=C(C)N=c2s/c(=C\c3cc(Br)c(OCc4ccc([N+](=O)[O-])cc4)c(OC)c3)c(=O)n2[C@H]1c1ccc(OCC(=O)OC)c(OCC)c1. The third kappa shape index (κ3) is 8.18. The maximum Gasteiger partial charge on any atom is 0.343 e. The van der Waals surface area contributed by atoms with E-state index in [2.05, 4.69) is 25.7 Å². The first-order chi connectivity index (χ1) is 25.0. The van der Waals surface area contributed by atoms with Crippen molar-refractivity contribution in [3.8, 4) is 23.0 Å². The molecule has 0 saturated heterocycles. The monoisotopic (exact) mass is 795 g/mol. The zero-order chi connectivity index (χ0) is 37.5. The highest BCUT2D eigenvalue weighted by atomic mass is 79.9. The summed E-state index contributed by atoms with van der Waals surface area (Å²) in [6, 6.07) is 13.5. The second kappa shape index (κ2) is 16.7. The molecule has 4 aromatic rings. The number of carbonyl (C=O) groups is 2. The number of halogens is 1. The molecule has 1 aromatic heterocycles. The molecular weight excluding hydrogens is 762 g/mol. The fourth-order valence-corrected chi connectivity index (χ4v) is 6.99. The van der Waals surface area contributed by atoms with Crippen LogP contribution in [0.3, 0.4) is 0 Å². The number of carbonyl (C=O) groups excluding carboxylic acids is 2. The van der Waals surface area contributed by atoms with E-state index in [1.54, 1.807) is 69.3 Å². The van der Waals surface area contributed by atoms with E-state index in [4.69, 9.17) is 23.7 Å². The van der Waals surface area contributed by atoms with Gasteiger partial charge in [-0.3, -0.25) is 19.5 Å². The minimum Gasteiger partial charge on any atom is -0.493 e. The highest BCUT2D eigenvalue weighted by Crippen LogP contribution is 2.38. The topological polar surface area (TPSA) is 167 Å². The highest BCUT2D eigenvalue weighted by Gasteiger charge is 2.34. The van der Waals surface area contributed by atoms with Gasteiger partial charge < -0.3 is 28.4 Å². The largest absolute Gasteiger partial charge is 0.493 e. The number of hydrogen-bond acceptors (Lipinski definition) is 13. The highest BCUT2D eigenvalue weighted by molar-refractivity contribution is 9.10. The third-order valence-electron chi connectivity index (χ3n) is 7.75. The maximum absolute atomic E-state index is 14.2. The molecule has 0 N–H and O–H groups in total. The lowest BCUT2D eigenvalue weighted by molar-refractivity contribution is -0.384. The lowest BCUT2D eigenvalue weighted by Crippen LogP contribution is -2.40. The van der Waals surface area contributed by atoms with Gasteiger partial charge in [0.1, 0.15) is 6.61 Å². The van der Waals surface area contributed by atoms with Crippen LogP contribution in [-0.4, -0.2) is 55.5 Å². The van der Waals surface area contributed by atoms with Crippen LogP contribution in [0.15, 0.2) is 80.1 Å². The lowest BCUT2D eigenvalue weighted by Gasteiger charge is -2.25. The number of esters is 2. The molecule has 0 bridgehead atoms. The van der Waals surface area contributed by atoms with Crippen LogP contribution < -0.4 is 33.8 Å². The van der Waals surface area contributed by atoms with Crippen molar-refractivity contribution in [3.05, 3.63) is 117 Å². The van der Waals surface area contributed by atoms with E-state index in [0.29, 0.717) is 53.4 Å². The second-order valence-corrected chi connectivity index (χ2v) is 12.9. The number of rotatable bonds is 14. The number of non-ortho nitro benzene ring substituents is 1. The number of aromatic nitrogens is 1. The molecule has 0 fully saturated rings. The van der Waals surface area contributed by atoms with Crippen molar-refractivity contribution in [3.63, 3.8) is 0 Å². The Morgan fingerprint density at radius 1 is 1.00 bits per heavy atom. The van der Waals surface area contributed by atoms with Gasteiger partial charge in [-0.15, -0.1) is 0 Å². The average Bonchev–Trinajstić information content (AvgIpc) is 3.43. The van der Waals surface area contributed by atoms with Crippen LogP contribution in [0.4, 0.5) is 5.69 Å². The fraction of sp³-hybridized carbons (Fsp3) is 0.278. The number of fused-ring (bicyclic) bond motifs is 1. The van der Waals surface area contributed by atoms with Crippen LogP contribution >= 0.6 is 27.3 Å². The average molecular weight is 797 g/mol. The Balaban J connectivity index is 1.56. The number of ether oxygens (including phenoxy) is 6. The molecule has 0 spiro atoms. The van der Waals surface area contributed by atoms with Gasteiger partial charge in [0.25, 0.3) is 11.2 Å². The van der Waals surface area contributed by atoms with Gasteiger partial charge in [-0.05, 0) is 95.9 Å². The number of hydrogen-bond donors (Lipinski definition) is 0. The number of allylic oxidation sites excluding steroid dienone is 1. The first-order valence-corrected chi connectivity index (χ1v) is 17.5. The van der Waals surface area contributed by atoms with Crippen molar-refractivity contribution in [2.75, 3.05) is 34.0 Å². The number of thiazole rings is 1. The van der Waals surface area contributed by atoms with Crippen molar-refractivity contribution in [1.29, 1.82) is 0 Å². The first-order valence-electron chi connectivity index (χ1n) is 15.9. The summed E-state index contributed by atoms with van der Waals surface area (Å²) < 4.78 is 35.5. The summed E-state index contributed by atoms with van der Waals surface area (Å²) in [5, 5.41) is 11.0. The molecule has 0 unspecified atom stereocenters. The number of nitro benzene ring substituents is 1. The van der Waals surface area contributed by atoms with Crippen LogP contribution in [0.5, 0.6) is 23.0 Å². The molecule has 272 valence electrons. The lowest BCUT2D eigenvalue weighted by atomic mass is 9.95. The Hall–Kier alpha value is -5.48. The maximum atomic E-state index is 14.2. The van der Waals surface area contributed by atoms with E-state index in [1.807, 2.05) is 0 Å². The standard InChI is InChI=1S/C36H34BrN3O11S/c1-6-48-27-17-23(10-13-26(27)50-19-30(41)47-5)32-31(35(43)49-7-2)20(3)38-36-39(32)34(42)29(52-36)16-22-14-25(37)33(28(15-22)46-4)51-18-21-8-11-24(12-9-21)40(44)45/h8-17,32H,6-7,18-19H2,1-5H3/b29-16-/t32-/m0/s1. The van der Waals surface area contributed by atoms with Crippen molar-refractivity contribution < 1.29 is 42.9 Å². The quantitative estimate of drug-likeness (QED) is 0.0957. The van der Waals surface area contributed by atoms with Gasteiger partial charge in [0.2, 0.25) is 0 Å². The number of benzene rings is 3. The molecule has 0 amide bonds. The molecule has 0 radical (unpaired) electrons. The van der Waals surface area contributed by atoms with Gasteiger partial charge in [-0.1, -0.05) is 17.4 Å². The summed E-state index contributed by atoms with van der Waals surface area (Å²) >= 11 is 4.70. The molecule has 2 heterocycles. The number of nitrogens with zero attached hydrogens (tertiary/aromatic N) is 3. The van der Waals surface area contributed by atoms with Crippen LogP contribution in [0.2, 0.25) is 0 Å². The summed E-state index contributed by atoms with van der Waals surface area (Å²) in [5.41, 5.74) is 2.00. The molecular formula is C36H34BrN3O11S. The molecule has 0 saturated carbocycles. The van der Waals surface area contributed by atoms with Gasteiger partial charge in [0.15, 0.2) is 34.4 Å². The van der Waals surface area contributed by atoms with E-state index < -0.39 is 28.5 Å². The van der Waals surface area contributed by atoms with Crippen LogP contribution in [0.25, 0.3) is 6.08 Å². The molecule has 52 heavy (non-hydrogen) atoms. The van der Waals surface area contributed by atoms with Crippen LogP contribution in [0.1, 0.15) is 43.5 Å². The summed E-state index contributed by atoms with van der Waals surface area (Å²) in [4.78, 5) is 54.9. The summed E-state index contributed by atoms with van der Waals surface area (Å²) in [7, 11) is 2.74. The molecule has 3 aromatic carbocycles. The third-order valence-corrected chi connectivity index (χ3v) is 9.33. The zero-order valence-electron chi connectivity index (χ0n) is 28.8. The van der Waals surface area contributed by atoms with E-state index >= 15 is 0 Å². The summed E-state index contributed by atoms with van der Waals surface area (Å²) in [5.74, 6) is 0.170. The predicted molar refractivity (Wildman–Crippen MR) is 194 cm³/mol. The Morgan fingerprint density at radius 3 is 2.40 bits per heavy atom. The molecule has 14 nitrogen and oxygen atoms in total. The van der Waals surface area contributed by atoms with Gasteiger partial charge >= 0.3 is 11.9 Å². The normalized spacial score (nSPS) is 13.9. The van der Waals surface area contributed by atoms with Crippen molar-refractivity contribution >= 4 is 51.0 Å². The Labute approximate surface area is 309 Å².